The van der Waals surface area contributed by atoms with Crippen LogP contribution in [0.3, 0.4) is 0 Å². The first-order valence-electron chi connectivity index (χ1n) is 6.89. The fraction of sp³-hybridized carbons (Fsp3) is 0.294. The molecular formula is C17H21NO3. The SMILES string of the molecule is COc1ccc(N(CCO)Cc2cccc(OC)c2)cc1. The fourth-order valence-electron chi connectivity index (χ4n) is 2.20. The van der Waals surface area contributed by atoms with E-state index in [4.69, 9.17) is 9.47 Å². The number of aliphatic hydroxyl groups is 1. The van der Waals surface area contributed by atoms with Crippen molar-refractivity contribution in [3.63, 3.8) is 0 Å². The van der Waals surface area contributed by atoms with E-state index in [0.29, 0.717) is 13.1 Å². The minimum Gasteiger partial charge on any atom is -0.497 e. The number of methoxy groups -OCH3 is 2. The quantitative estimate of drug-likeness (QED) is 0.850. The van der Waals surface area contributed by atoms with Crippen molar-refractivity contribution in [2.45, 2.75) is 6.54 Å². The van der Waals surface area contributed by atoms with Crippen molar-refractivity contribution < 1.29 is 14.6 Å². The standard InChI is InChI=1S/C17H21NO3/c1-20-16-8-6-15(7-9-16)18(10-11-19)13-14-4-3-5-17(12-14)21-2/h3-9,12,19H,10-11,13H2,1-2H3. The number of hydrogen-bond acceptors (Lipinski definition) is 4. The summed E-state index contributed by atoms with van der Waals surface area (Å²) >= 11 is 0. The Morgan fingerprint density at radius 3 is 2.29 bits per heavy atom. The molecule has 0 saturated heterocycles. The molecule has 0 atom stereocenters. The summed E-state index contributed by atoms with van der Waals surface area (Å²) in [6, 6.07) is 15.8. The predicted octanol–water partition coefficient (Wildman–Crippen LogP) is 2.70. The summed E-state index contributed by atoms with van der Waals surface area (Å²) in [6.07, 6.45) is 0. The number of aliphatic hydroxyl groups excluding tert-OH is 1. The van der Waals surface area contributed by atoms with Crippen LogP contribution in [0.25, 0.3) is 0 Å². The highest BCUT2D eigenvalue weighted by Crippen LogP contribution is 2.22. The molecule has 112 valence electrons. The van der Waals surface area contributed by atoms with Crippen molar-refractivity contribution in [1.82, 2.24) is 0 Å². The van der Waals surface area contributed by atoms with Gasteiger partial charge in [0.05, 0.1) is 20.8 Å². The molecule has 0 aliphatic carbocycles. The van der Waals surface area contributed by atoms with Crippen molar-refractivity contribution >= 4 is 5.69 Å². The molecule has 0 spiro atoms. The van der Waals surface area contributed by atoms with Gasteiger partial charge in [0, 0.05) is 18.8 Å². The Morgan fingerprint density at radius 1 is 0.952 bits per heavy atom. The van der Waals surface area contributed by atoms with E-state index in [1.807, 2.05) is 42.5 Å². The number of nitrogens with zero attached hydrogens (tertiary/aromatic N) is 1. The predicted molar refractivity (Wildman–Crippen MR) is 84.1 cm³/mol. The molecule has 0 fully saturated rings. The van der Waals surface area contributed by atoms with Crippen LogP contribution in [0.4, 0.5) is 5.69 Å². The zero-order valence-corrected chi connectivity index (χ0v) is 12.5. The number of ether oxygens (including phenoxy) is 2. The first-order valence-corrected chi connectivity index (χ1v) is 6.89. The van der Waals surface area contributed by atoms with E-state index in [-0.39, 0.29) is 6.61 Å². The molecule has 0 aliphatic rings. The van der Waals surface area contributed by atoms with Gasteiger partial charge in [-0.25, -0.2) is 0 Å². The number of benzene rings is 2. The molecule has 0 radical (unpaired) electrons. The fourth-order valence-corrected chi connectivity index (χ4v) is 2.20. The summed E-state index contributed by atoms with van der Waals surface area (Å²) in [7, 11) is 3.31. The topological polar surface area (TPSA) is 41.9 Å². The Bertz CT molecular complexity index is 554. The van der Waals surface area contributed by atoms with Crippen molar-refractivity contribution in [1.29, 1.82) is 0 Å². The lowest BCUT2D eigenvalue weighted by Crippen LogP contribution is -2.26. The molecule has 2 rings (SSSR count). The monoisotopic (exact) mass is 287 g/mol. The van der Waals surface area contributed by atoms with Crippen molar-refractivity contribution in [2.75, 3.05) is 32.3 Å². The van der Waals surface area contributed by atoms with E-state index in [2.05, 4.69) is 11.0 Å². The summed E-state index contributed by atoms with van der Waals surface area (Å²) in [5, 5.41) is 9.29. The molecule has 21 heavy (non-hydrogen) atoms. The Labute approximate surface area is 125 Å². The van der Waals surface area contributed by atoms with Gasteiger partial charge in [-0.15, -0.1) is 0 Å². The van der Waals surface area contributed by atoms with Gasteiger partial charge in [-0.05, 0) is 42.0 Å². The van der Waals surface area contributed by atoms with Crippen LogP contribution in [0.5, 0.6) is 11.5 Å². The van der Waals surface area contributed by atoms with Crippen LogP contribution in [0.15, 0.2) is 48.5 Å². The van der Waals surface area contributed by atoms with Gasteiger partial charge in [-0.1, -0.05) is 12.1 Å². The Kier molecular flexibility index (Phi) is 5.46. The minimum absolute atomic E-state index is 0.107. The van der Waals surface area contributed by atoms with Crippen LogP contribution >= 0.6 is 0 Å². The van der Waals surface area contributed by atoms with Gasteiger partial charge >= 0.3 is 0 Å². The maximum Gasteiger partial charge on any atom is 0.119 e. The van der Waals surface area contributed by atoms with Gasteiger partial charge in [-0.2, -0.15) is 0 Å². The van der Waals surface area contributed by atoms with E-state index in [9.17, 15) is 5.11 Å². The summed E-state index contributed by atoms with van der Waals surface area (Å²) in [5.41, 5.74) is 2.19. The first kappa shape index (κ1) is 15.2. The average molecular weight is 287 g/mol. The third-order valence-electron chi connectivity index (χ3n) is 3.32. The maximum absolute atomic E-state index is 9.29. The highest BCUT2D eigenvalue weighted by molar-refractivity contribution is 5.49. The third kappa shape index (κ3) is 4.13. The molecule has 4 nitrogen and oxygen atoms in total. The molecule has 0 heterocycles. The molecule has 0 aromatic heterocycles. The van der Waals surface area contributed by atoms with Crippen molar-refractivity contribution in [3.8, 4) is 11.5 Å². The van der Waals surface area contributed by atoms with Crippen LogP contribution in [0.1, 0.15) is 5.56 Å². The van der Waals surface area contributed by atoms with E-state index in [1.165, 1.54) is 0 Å². The van der Waals surface area contributed by atoms with Crippen LogP contribution in [0, 0.1) is 0 Å². The first-order chi connectivity index (χ1) is 10.3. The number of hydrogen-bond donors (Lipinski definition) is 1. The lowest BCUT2D eigenvalue weighted by molar-refractivity contribution is 0.301. The van der Waals surface area contributed by atoms with Gasteiger partial charge < -0.3 is 19.5 Å². The van der Waals surface area contributed by atoms with E-state index in [0.717, 1.165) is 22.7 Å². The second-order valence-corrected chi connectivity index (χ2v) is 4.69. The molecule has 2 aromatic carbocycles. The Morgan fingerprint density at radius 2 is 1.67 bits per heavy atom. The van der Waals surface area contributed by atoms with Gasteiger partial charge in [0.1, 0.15) is 11.5 Å². The molecule has 0 bridgehead atoms. The molecule has 1 N–H and O–H groups in total. The Balaban J connectivity index is 2.17. The van der Waals surface area contributed by atoms with E-state index >= 15 is 0 Å². The van der Waals surface area contributed by atoms with Gasteiger partial charge in [-0.3, -0.25) is 0 Å². The summed E-state index contributed by atoms with van der Waals surface area (Å²) < 4.78 is 10.4. The molecule has 0 aliphatic heterocycles. The van der Waals surface area contributed by atoms with Crippen molar-refractivity contribution in [3.05, 3.63) is 54.1 Å². The normalized spacial score (nSPS) is 10.2. The van der Waals surface area contributed by atoms with E-state index < -0.39 is 0 Å². The molecular weight excluding hydrogens is 266 g/mol. The smallest absolute Gasteiger partial charge is 0.119 e. The highest BCUT2D eigenvalue weighted by Gasteiger charge is 2.08. The molecule has 4 heteroatoms. The van der Waals surface area contributed by atoms with Crippen LogP contribution < -0.4 is 14.4 Å². The van der Waals surface area contributed by atoms with Crippen LogP contribution in [-0.2, 0) is 6.54 Å². The lowest BCUT2D eigenvalue weighted by atomic mass is 10.2. The summed E-state index contributed by atoms with van der Waals surface area (Å²) in [5.74, 6) is 1.66. The second kappa shape index (κ2) is 7.55. The number of anilines is 1. The molecule has 0 saturated carbocycles. The molecule has 0 amide bonds. The van der Waals surface area contributed by atoms with Gasteiger partial charge in [0.2, 0.25) is 0 Å². The highest BCUT2D eigenvalue weighted by atomic mass is 16.5. The van der Waals surface area contributed by atoms with Gasteiger partial charge in [0.25, 0.3) is 0 Å². The lowest BCUT2D eigenvalue weighted by Gasteiger charge is -2.24. The third-order valence-corrected chi connectivity index (χ3v) is 3.32. The van der Waals surface area contributed by atoms with Crippen molar-refractivity contribution in [2.24, 2.45) is 0 Å². The largest absolute Gasteiger partial charge is 0.497 e. The average Bonchev–Trinajstić information content (AvgIpc) is 2.55. The van der Waals surface area contributed by atoms with E-state index in [1.54, 1.807) is 14.2 Å². The Hall–Kier alpha value is -2.20. The maximum atomic E-state index is 9.29. The number of rotatable bonds is 7. The zero-order valence-electron chi connectivity index (χ0n) is 12.5. The molecule has 2 aromatic rings. The van der Waals surface area contributed by atoms with Crippen LogP contribution in [0.2, 0.25) is 0 Å². The second-order valence-electron chi connectivity index (χ2n) is 4.69. The molecule has 0 unspecified atom stereocenters. The summed E-state index contributed by atoms with van der Waals surface area (Å²) in [4.78, 5) is 2.12. The minimum atomic E-state index is 0.107. The van der Waals surface area contributed by atoms with Crippen LogP contribution in [-0.4, -0.2) is 32.5 Å². The zero-order chi connectivity index (χ0) is 15.1. The van der Waals surface area contributed by atoms with Gasteiger partial charge in [0.15, 0.2) is 0 Å². The summed E-state index contributed by atoms with van der Waals surface area (Å²) in [6.45, 7) is 1.39.